The summed E-state index contributed by atoms with van der Waals surface area (Å²) in [5.41, 5.74) is 2.96. The highest BCUT2D eigenvalue weighted by Crippen LogP contribution is 2.26. The largest absolute Gasteiger partial charge is 0.457 e. The van der Waals surface area contributed by atoms with Crippen molar-refractivity contribution in [2.24, 2.45) is 0 Å². The molecule has 0 saturated carbocycles. The van der Waals surface area contributed by atoms with Crippen molar-refractivity contribution in [2.45, 2.75) is 6.92 Å². The Morgan fingerprint density at radius 2 is 1.85 bits per heavy atom. The minimum atomic E-state index is -0.105. The number of anilines is 2. The van der Waals surface area contributed by atoms with E-state index in [0.29, 0.717) is 23.1 Å². The number of aromatic nitrogens is 3. The Balaban J connectivity index is 1.56. The molecule has 27 heavy (non-hydrogen) atoms. The molecule has 0 amide bonds. The molecule has 2 heterocycles. The number of nitrogens with one attached hydrogen (secondary N) is 2. The maximum atomic E-state index is 11.5. The van der Waals surface area contributed by atoms with Gasteiger partial charge in [-0.1, -0.05) is 15.9 Å². The van der Waals surface area contributed by atoms with Gasteiger partial charge in [-0.05, 0) is 42.5 Å². The number of pyridine rings is 1. The molecule has 2 N–H and O–H groups in total. The third kappa shape index (κ3) is 3.98. The van der Waals surface area contributed by atoms with Crippen molar-refractivity contribution >= 4 is 44.4 Å². The van der Waals surface area contributed by atoms with Crippen molar-refractivity contribution in [3.8, 4) is 11.5 Å². The summed E-state index contributed by atoms with van der Waals surface area (Å²) in [7, 11) is 0. The zero-order chi connectivity index (χ0) is 18.8. The first-order valence-electron chi connectivity index (χ1n) is 8.24. The molecule has 0 aliphatic rings. The highest BCUT2D eigenvalue weighted by molar-refractivity contribution is 9.10. The number of carbonyl (C=O) groups excluding carboxylic acids is 1. The van der Waals surface area contributed by atoms with Gasteiger partial charge in [0, 0.05) is 35.4 Å². The van der Waals surface area contributed by atoms with Crippen molar-refractivity contribution in [3.63, 3.8) is 0 Å². The Morgan fingerprint density at radius 1 is 1.07 bits per heavy atom. The molecule has 2 aromatic heterocycles. The second-order valence-electron chi connectivity index (χ2n) is 5.93. The van der Waals surface area contributed by atoms with Gasteiger partial charge < -0.3 is 15.0 Å². The van der Waals surface area contributed by atoms with E-state index in [1.54, 1.807) is 18.3 Å². The van der Waals surface area contributed by atoms with Gasteiger partial charge in [0.2, 0.25) is 5.95 Å². The highest BCUT2D eigenvalue weighted by Gasteiger charge is 2.07. The van der Waals surface area contributed by atoms with Crippen molar-refractivity contribution in [2.75, 3.05) is 5.32 Å². The van der Waals surface area contributed by atoms with E-state index in [0.717, 1.165) is 21.2 Å². The number of rotatable bonds is 5. The van der Waals surface area contributed by atoms with Crippen LogP contribution < -0.4 is 10.1 Å². The van der Waals surface area contributed by atoms with Gasteiger partial charge >= 0.3 is 0 Å². The fourth-order valence-electron chi connectivity index (χ4n) is 2.58. The minimum absolute atomic E-state index is 0.105. The van der Waals surface area contributed by atoms with Crippen molar-refractivity contribution in [1.29, 1.82) is 0 Å². The molecule has 0 aliphatic carbocycles. The molecule has 6 nitrogen and oxygen atoms in total. The molecular formula is C20H15BrN4O2. The standard InChI is InChI=1S/C20H15BrN4O2/c1-12(26)18-10-16(8-9-22-18)27-15-6-7-17-19(11-15)25-20(24-17)23-14-4-2-13(21)3-5-14/h2-11H,1H3,(H2,23,24,25). The number of ketones is 1. The van der Waals surface area contributed by atoms with E-state index >= 15 is 0 Å². The van der Waals surface area contributed by atoms with Crippen LogP contribution in [-0.2, 0) is 0 Å². The zero-order valence-electron chi connectivity index (χ0n) is 14.4. The number of aromatic amines is 1. The summed E-state index contributed by atoms with van der Waals surface area (Å²) in [6.07, 6.45) is 1.55. The van der Waals surface area contributed by atoms with E-state index < -0.39 is 0 Å². The molecule has 0 radical (unpaired) electrons. The summed E-state index contributed by atoms with van der Waals surface area (Å²) < 4.78 is 6.86. The summed E-state index contributed by atoms with van der Waals surface area (Å²) in [4.78, 5) is 23.3. The van der Waals surface area contributed by atoms with Crippen molar-refractivity contribution in [1.82, 2.24) is 15.0 Å². The summed E-state index contributed by atoms with van der Waals surface area (Å²) >= 11 is 3.42. The molecule has 0 aliphatic heterocycles. The normalized spacial score (nSPS) is 10.7. The van der Waals surface area contributed by atoms with E-state index in [9.17, 15) is 4.79 Å². The van der Waals surface area contributed by atoms with E-state index in [1.165, 1.54) is 6.92 Å². The summed E-state index contributed by atoms with van der Waals surface area (Å²) in [6.45, 7) is 1.47. The number of H-pyrrole nitrogens is 1. The van der Waals surface area contributed by atoms with Crippen LogP contribution >= 0.6 is 15.9 Å². The van der Waals surface area contributed by atoms with Crippen LogP contribution in [0.4, 0.5) is 11.6 Å². The predicted molar refractivity (Wildman–Crippen MR) is 108 cm³/mol. The first-order chi connectivity index (χ1) is 13.1. The van der Waals surface area contributed by atoms with Gasteiger partial charge in [0.15, 0.2) is 5.78 Å². The van der Waals surface area contributed by atoms with Crippen LogP contribution in [-0.4, -0.2) is 20.7 Å². The first kappa shape index (κ1) is 17.2. The van der Waals surface area contributed by atoms with E-state index in [1.807, 2.05) is 42.5 Å². The van der Waals surface area contributed by atoms with Crippen molar-refractivity contribution in [3.05, 3.63) is 71.0 Å². The molecule has 0 bridgehead atoms. The molecule has 4 aromatic rings. The topological polar surface area (TPSA) is 79.9 Å². The highest BCUT2D eigenvalue weighted by atomic mass is 79.9. The molecule has 134 valence electrons. The third-order valence-corrected chi connectivity index (χ3v) is 4.42. The van der Waals surface area contributed by atoms with Gasteiger partial charge in [-0.15, -0.1) is 0 Å². The number of halogens is 1. The molecule has 0 fully saturated rings. The van der Waals surface area contributed by atoms with E-state index in [4.69, 9.17) is 4.74 Å². The van der Waals surface area contributed by atoms with Crippen LogP contribution in [0.25, 0.3) is 11.0 Å². The predicted octanol–water partition coefficient (Wildman–Crippen LogP) is 5.46. The SMILES string of the molecule is CC(=O)c1cc(Oc2ccc3[nH]c(Nc4ccc(Br)cc4)nc3c2)ccn1. The molecule has 0 unspecified atom stereocenters. The van der Waals surface area contributed by atoms with Gasteiger partial charge in [-0.25, -0.2) is 4.98 Å². The number of imidazole rings is 1. The third-order valence-electron chi connectivity index (χ3n) is 3.89. The smallest absolute Gasteiger partial charge is 0.205 e. The first-order valence-corrected chi connectivity index (χ1v) is 9.03. The van der Waals surface area contributed by atoms with Crippen molar-refractivity contribution < 1.29 is 9.53 Å². The second kappa shape index (κ2) is 7.20. The number of ether oxygens (including phenoxy) is 1. The zero-order valence-corrected chi connectivity index (χ0v) is 15.9. The minimum Gasteiger partial charge on any atom is -0.457 e. The maximum absolute atomic E-state index is 11.5. The monoisotopic (exact) mass is 422 g/mol. The Hall–Kier alpha value is -3.19. The summed E-state index contributed by atoms with van der Waals surface area (Å²) in [5, 5.41) is 3.24. The maximum Gasteiger partial charge on any atom is 0.205 e. The molecule has 0 spiro atoms. The molecule has 2 aromatic carbocycles. The molecular weight excluding hydrogens is 408 g/mol. The molecule has 7 heteroatoms. The van der Waals surface area contributed by atoms with Crippen LogP contribution in [0.3, 0.4) is 0 Å². The number of benzene rings is 2. The van der Waals surface area contributed by atoms with Gasteiger partial charge in [-0.3, -0.25) is 9.78 Å². The molecule has 4 rings (SSSR count). The molecule has 0 atom stereocenters. The molecule has 0 saturated heterocycles. The lowest BCUT2D eigenvalue weighted by atomic mass is 10.2. The van der Waals surface area contributed by atoms with Crippen LogP contribution in [0, 0.1) is 0 Å². The lowest BCUT2D eigenvalue weighted by molar-refractivity contribution is 0.101. The number of fused-ring (bicyclic) bond motifs is 1. The Kier molecular flexibility index (Phi) is 4.60. The average Bonchev–Trinajstić information content (AvgIpc) is 3.05. The number of hydrogen-bond donors (Lipinski definition) is 2. The lowest BCUT2D eigenvalue weighted by Gasteiger charge is -2.06. The van der Waals surface area contributed by atoms with Gasteiger partial charge in [0.1, 0.15) is 17.2 Å². The van der Waals surface area contributed by atoms with E-state index in [-0.39, 0.29) is 5.78 Å². The van der Waals surface area contributed by atoms with Crippen LogP contribution in [0.15, 0.2) is 65.3 Å². The lowest BCUT2D eigenvalue weighted by Crippen LogP contribution is -1.96. The Morgan fingerprint density at radius 3 is 2.63 bits per heavy atom. The number of nitrogens with zero attached hydrogens (tertiary/aromatic N) is 2. The average molecular weight is 423 g/mol. The number of Topliss-reactive ketones (excluding diaryl/α,β-unsaturated/α-hetero) is 1. The van der Waals surface area contributed by atoms with Crippen LogP contribution in [0.5, 0.6) is 11.5 Å². The quantitative estimate of drug-likeness (QED) is 0.417. The van der Waals surface area contributed by atoms with Gasteiger partial charge in [-0.2, -0.15) is 0 Å². The number of carbonyl (C=O) groups is 1. The van der Waals surface area contributed by atoms with E-state index in [2.05, 4.69) is 36.2 Å². The van der Waals surface area contributed by atoms with Crippen LogP contribution in [0.2, 0.25) is 0 Å². The second-order valence-corrected chi connectivity index (χ2v) is 6.85. The Bertz CT molecular complexity index is 1120. The number of hydrogen-bond acceptors (Lipinski definition) is 5. The fraction of sp³-hybridized carbons (Fsp3) is 0.0500. The van der Waals surface area contributed by atoms with Gasteiger partial charge in [0.25, 0.3) is 0 Å². The summed E-state index contributed by atoms with van der Waals surface area (Å²) in [5.74, 6) is 1.72. The fourth-order valence-corrected chi connectivity index (χ4v) is 2.85. The van der Waals surface area contributed by atoms with Gasteiger partial charge in [0.05, 0.1) is 11.0 Å². The van der Waals surface area contributed by atoms with Crippen LogP contribution in [0.1, 0.15) is 17.4 Å². The summed E-state index contributed by atoms with van der Waals surface area (Å²) in [6, 6.07) is 16.8. The Labute approximate surface area is 163 Å².